The van der Waals surface area contributed by atoms with E-state index in [4.69, 9.17) is 5.73 Å². The number of hydrogen-bond acceptors (Lipinski definition) is 4. The van der Waals surface area contributed by atoms with Gasteiger partial charge in [-0.05, 0) is 31.9 Å². The summed E-state index contributed by atoms with van der Waals surface area (Å²) >= 11 is 0. The van der Waals surface area contributed by atoms with Crippen molar-refractivity contribution in [3.05, 3.63) is 23.8 Å². The van der Waals surface area contributed by atoms with Crippen LogP contribution in [0.3, 0.4) is 0 Å². The van der Waals surface area contributed by atoms with Gasteiger partial charge in [-0.15, -0.1) is 0 Å². The summed E-state index contributed by atoms with van der Waals surface area (Å²) in [6.45, 7) is 3.42. The van der Waals surface area contributed by atoms with Crippen LogP contribution in [0.5, 0.6) is 5.75 Å². The van der Waals surface area contributed by atoms with Crippen LogP contribution < -0.4 is 16.4 Å². The second-order valence-corrected chi connectivity index (χ2v) is 5.34. The van der Waals surface area contributed by atoms with Crippen molar-refractivity contribution in [3.63, 3.8) is 0 Å². The molecule has 3 amide bonds. The number of amides is 3. The maximum Gasteiger partial charge on any atom is 0.315 e. The van der Waals surface area contributed by atoms with Gasteiger partial charge < -0.3 is 26.4 Å². The topological polar surface area (TPSA) is 108 Å². The predicted octanol–water partition coefficient (Wildman–Crippen LogP) is 0.898. The number of anilines is 1. The zero-order valence-electron chi connectivity index (χ0n) is 12.6. The summed E-state index contributed by atoms with van der Waals surface area (Å²) < 4.78 is 0. The maximum absolute atomic E-state index is 12.5. The molecular formula is C15H22N4O3. The highest BCUT2D eigenvalue weighted by atomic mass is 16.3. The maximum atomic E-state index is 12.5. The van der Waals surface area contributed by atoms with Crippen LogP contribution in [0.4, 0.5) is 10.5 Å². The van der Waals surface area contributed by atoms with Gasteiger partial charge in [0.1, 0.15) is 0 Å². The Bertz CT molecular complexity index is 562. The molecule has 0 bridgehead atoms. The van der Waals surface area contributed by atoms with E-state index >= 15 is 0 Å². The van der Waals surface area contributed by atoms with Crippen LogP contribution in [-0.4, -0.2) is 47.6 Å². The van der Waals surface area contributed by atoms with Gasteiger partial charge in [0, 0.05) is 25.7 Å². The molecule has 22 heavy (non-hydrogen) atoms. The molecule has 1 aliphatic heterocycles. The van der Waals surface area contributed by atoms with Gasteiger partial charge in [0.25, 0.3) is 5.91 Å². The largest absolute Gasteiger partial charge is 0.505 e. The van der Waals surface area contributed by atoms with E-state index in [0.717, 1.165) is 12.8 Å². The zero-order chi connectivity index (χ0) is 16.1. The van der Waals surface area contributed by atoms with Crippen molar-refractivity contribution in [2.75, 3.05) is 25.4 Å². The number of carbonyl (C=O) groups excluding carboxylic acids is 2. The summed E-state index contributed by atoms with van der Waals surface area (Å²) in [5.41, 5.74) is 6.00. The number of para-hydroxylation sites is 1. The molecule has 1 aromatic carbocycles. The van der Waals surface area contributed by atoms with Crippen molar-refractivity contribution < 1.29 is 14.7 Å². The predicted molar refractivity (Wildman–Crippen MR) is 83.7 cm³/mol. The molecule has 0 saturated carbocycles. The molecule has 1 unspecified atom stereocenters. The van der Waals surface area contributed by atoms with E-state index in [1.807, 2.05) is 6.92 Å². The number of urea groups is 1. The first kappa shape index (κ1) is 15.9. The highest BCUT2D eigenvalue weighted by Crippen LogP contribution is 2.26. The number of hydrogen-bond donors (Lipinski definition) is 4. The van der Waals surface area contributed by atoms with Crippen molar-refractivity contribution in [1.82, 2.24) is 15.5 Å². The smallest absolute Gasteiger partial charge is 0.315 e. The standard InChI is InChI=1S/C15H22N4O3/c1-2-17-15(22)18-10-5-4-8-19(9-10)14(21)11-6-3-7-12(16)13(11)20/h3,6-7,10,20H,2,4-5,8-9,16H2,1H3,(H2,17,18,22). The monoisotopic (exact) mass is 306 g/mol. The third-order valence-electron chi connectivity index (χ3n) is 3.68. The highest BCUT2D eigenvalue weighted by molar-refractivity contribution is 5.98. The van der Waals surface area contributed by atoms with E-state index in [-0.39, 0.29) is 35.0 Å². The lowest BCUT2D eigenvalue weighted by atomic mass is 10.0. The molecule has 2 rings (SSSR count). The number of nitrogens with two attached hydrogens (primary N) is 1. The van der Waals surface area contributed by atoms with Gasteiger partial charge in [0.05, 0.1) is 11.3 Å². The molecule has 5 N–H and O–H groups in total. The van der Waals surface area contributed by atoms with E-state index in [9.17, 15) is 14.7 Å². The lowest BCUT2D eigenvalue weighted by molar-refractivity contribution is 0.0694. The molecule has 1 fully saturated rings. The lowest BCUT2D eigenvalue weighted by Gasteiger charge is -2.33. The molecule has 0 aliphatic carbocycles. The quantitative estimate of drug-likeness (QED) is 0.491. The third kappa shape index (κ3) is 3.60. The van der Waals surface area contributed by atoms with Gasteiger partial charge in [-0.2, -0.15) is 0 Å². The summed E-state index contributed by atoms with van der Waals surface area (Å²) in [6.07, 6.45) is 1.62. The summed E-state index contributed by atoms with van der Waals surface area (Å²) in [7, 11) is 0. The van der Waals surface area contributed by atoms with Crippen molar-refractivity contribution in [3.8, 4) is 5.75 Å². The molecule has 1 aromatic rings. The van der Waals surface area contributed by atoms with Gasteiger partial charge in [-0.1, -0.05) is 6.07 Å². The van der Waals surface area contributed by atoms with Crippen LogP contribution in [0, 0.1) is 0 Å². The van der Waals surface area contributed by atoms with Crippen LogP contribution in [-0.2, 0) is 0 Å². The fourth-order valence-corrected chi connectivity index (χ4v) is 2.58. The van der Waals surface area contributed by atoms with E-state index in [0.29, 0.717) is 19.6 Å². The number of nitrogen functional groups attached to an aromatic ring is 1. The Morgan fingerprint density at radius 2 is 2.23 bits per heavy atom. The van der Waals surface area contributed by atoms with E-state index in [1.165, 1.54) is 0 Å². The Hall–Kier alpha value is -2.44. The zero-order valence-corrected chi connectivity index (χ0v) is 12.6. The third-order valence-corrected chi connectivity index (χ3v) is 3.68. The molecule has 1 atom stereocenters. The van der Waals surface area contributed by atoms with E-state index < -0.39 is 0 Å². The first-order valence-electron chi connectivity index (χ1n) is 7.44. The van der Waals surface area contributed by atoms with Crippen LogP contribution in [0.2, 0.25) is 0 Å². The summed E-state index contributed by atoms with van der Waals surface area (Å²) in [5, 5.41) is 15.5. The highest BCUT2D eigenvalue weighted by Gasteiger charge is 2.27. The fourth-order valence-electron chi connectivity index (χ4n) is 2.58. The molecule has 1 aliphatic rings. The van der Waals surface area contributed by atoms with Gasteiger partial charge in [-0.3, -0.25) is 4.79 Å². The number of nitrogens with one attached hydrogen (secondary N) is 2. The molecular weight excluding hydrogens is 284 g/mol. The van der Waals surface area contributed by atoms with Crippen molar-refractivity contribution >= 4 is 17.6 Å². The number of carbonyl (C=O) groups is 2. The molecule has 7 nitrogen and oxygen atoms in total. The van der Waals surface area contributed by atoms with Crippen LogP contribution >= 0.6 is 0 Å². The Morgan fingerprint density at radius 3 is 2.95 bits per heavy atom. The molecule has 0 spiro atoms. The minimum Gasteiger partial charge on any atom is -0.505 e. The minimum absolute atomic E-state index is 0.0903. The van der Waals surface area contributed by atoms with Gasteiger partial charge in [0.15, 0.2) is 5.75 Å². The van der Waals surface area contributed by atoms with Crippen LogP contribution in [0.1, 0.15) is 30.1 Å². The SMILES string of the molecule is CCNC(=O)NC1CCCN(C(=O)c2cccc(N)c2O)C1. The van der Waals surface area contributed by atoms with Gasteiger partial charge in [0.2, 0.25) is 0 Å². The first-order valence-corrected chi connectivity index (χ1v) is 7.44. The number of piperidine rings is 1. The van der Waals surface area contributed by atoms with Crippen LogP contribution in [0.15, 0.2) is 18.2 Å². The molecule has 0 radical (unpaired) electrons. The Labute approximate surface area is 129 Å². The molecule has 7 heteroatoms. The Morgan fingerprint density at radius 1 is 1.45 bits per heavy atom. The lowest BCUT2D eigenvalue weighted by Crippen LogP contribution is -2.51. The number of phenols is 1. The number of rotatable bonds is 3. The number of nitrogens with zero attached hydrogens (tertiary/aromatic N) is 1. The Balaban J connectivity index is 2.04. The molecule has 1 saturated heterocycles. The summed E-state index contributed by atoms with van der Waals surface area (Å²) in [4.78, 5) is 25.7. The molecule has 0 aromatic heterocycles. The van der Waals surface area contributed by atoms with Crippen molar-refractivity contribution in [1.29, 1.82) is 0 Å². The Kier molecular flexibility index (Phi) is 5.08. The van der Waals surface area contributed by atoms with E-state index in [1.54, 1.807) is 23.1 Å². The average Bonchev–Trinajstić information content (AvgIpc) is 2.50. The van der Waals surface area contributed by atoms with Gasteiger partial charge >= 0.3 is 6.03 Å². The molecule has 120 valence electrons. The minimum atomic E-state index is -0.271. The second-order valence-electron chi connectivity index (χ2n) is 5.34. The van der Waals surface area contributed by atoms with E-state index in [2.05, 4.69) is 10.6 Å². The summed E-state index contributed by atoms with van der Waals surface area (Å²) in [5.74, 6) is -0.460. The fraction of sp³-hybridized carbons (Fsp3) is 0.467. The number of benzene rings is 1. The van der Waals surface area contributed by atoms with Gasteiger partial charge in [-0.25, -0.2) is 4.79 Å². The number of likely N-dealkylation sites (tertiary alicyclic amines) is 1. The molecule has 1 heterocycles. The first-order chi connectivity index (χ1) is 10.5. The number of aromatic hydroxyl groups is 1. The average molecular weight is 306 g/mol. The second kappa shape index (κ2) is 7.02. The van der Waals surface area contributed by atoms with Crippen molar-refractivity contribution in [2.45, 2.75) is 25.8 Å². The van der Waals surface area contributed by atoms with Crippen molar-refractivity contribution in [2.24, 2.45) is 0 Å². The summed E-state index contributed by atoms with van der Waals surface area (Å²) in [6, 6.07) is 4.41. The number of phenolic OH excluding ortho intramolecular Hbond substituents is 1. The normalized spacial score (nSPS) is 17.9. The van der Waals surface area contributed by atoms with Crippen LogP contribution in [0.25, 0.3) is 0 Å².